The van der Waals surface area contributed by atoms with Gasteiger partial charge in [-0.05, 0) is 21.5 Å². The van der Waals surface area contributed by atoms with E-state index in [-0.39, 0.29) is 17.3 Å². The maximum atomic E-state index is 12.7. The van der Waals surface area contributed by atoms with Gasteiger partial charge in [-0.1, -0.05) is 24.3 Å². The number of sulfonamides is 1. The minimum atomic E-state index is -4.68. The van der Waals surface area contributed by atoms with Crippen LogP contribution in [0.3, 0.4) is 0 Å². The third-order valence-corrected chi connectivity index (χ3v) is 4.03. The summed E-state index contributed by atoms with van der Waals surface area (Å²) in [5.41, 5.74) is 5.19. The molecule has 4 N–H and O–H groups in total. The molecule has 0 saturated heterocycles. The number of nitrogens with two attached hydrogens (primary N) is 2. The summed E-state index contributed by atoms with van der Waals surface area (Å²) in [7, 11) is -3.68. The topological polar surface area (TPSA) is 112 Å². The molecule has 1 aromatic heterocycles. The zero-order valence-corrected chi connectivity index (χ0v) is 13.7. The lowest BCUT2D eigenvalue weighted by atomic mass is 10.1. The molecule has 23 heavy (non-hydrogen) atoms. The summed E-state index contributed by atoms with van der Waals surface area (Å²) in [6.07, 6.45) is -4.68. The number of hydrogen-bond acceptors (Lipinski definition) is 5. The first-order valence-electron chi connectivity index (χ1n) is 5.97. The van der Waals surface area contributed by atoms with Crippen molar-refractivity contribution in [3.63, 3.8) is 0 Å². The third-order valence-electron chi connectivity index (χ3n) is 2.74. The van der Waals surface area contributed by atoms with Gasteiger partial charge in [0.25, 0.3) is 0 Å². The van der Waals surface area contributed by atoms with Crippen molar-refractivity contribution in [2.45, 2.75) is 11.9 Å². The molecule has 0 atom stereocenters. The molecule has 0 aliphatic rings. The van der Waals surface area contributed by atoms with Crippen molar-refractivity contribution in [3.05, 3.63) is 40.1 Å². The SMILES string of the molecule is Nc1nc(C(F)(F)F)c(Br)nc1-c1ccc(CS(N)(=O)=O)cc1. The van der Waals surface area contributed by atoms with E-state index in [0.29, 0.717) is 11.1 Å². The Kier molecular flexibility index (Phi) is 4.64. The molecule has 11 heteroatoms. The van der Waals surface area contributed by atoms with Gasteiger partial charge in [-0.3, -0.25) is 0 Å². The number of nitrogen functional groups attached to an aromatic ring is 1. The lowest BCUT2D eigenvalue weighted by molar-refractivity contribution is -0.142. The van der Waals surface area contributed by atoms with E-state index in [1.807, 2.05) is 0 Å². The van der Waals surface area contributed by atoms with Crippen LogP contribution < -0.4 is 10.9 Å². The Morgan fingerprint density at radius 3 is 2.17 bits per heavy atom. The van der Waals surface area contributed by atoms with Gasteiger partial charge in [0.2, 0.25) is 10.0 Å². The average molecular weight is 411 g/mol. The molecule has 0 saturated carbocycles. The fraction of sp³-hybridized carbons (Fsp3) is 0.167. The number of alkyl halides is 3. The van der Waals surface area contributed by atoms with E-state index in [9.17, 15) is 21.6 Å². The van der Waals surface area contributed by atoms with E-state index in [4.69, 9.17) is 10.9 Å². The van der Waals surface area contributed by atoms with E-state index in [1.54, 1.807) is 0 Å². The van der Waals surface area contributed by atoms with Crippen molar-refractivity contribution in [3.8, 4) is 11.3 Å². The van der Waals surface area contributed by atoms with Crippen LogP contribution in [-0.4, -0.2) is 18.4 Å². The van der Waals surface area contributed by atoms with Gasteiger partial charge in [-0.25, -0.2) is 23.5 Å². The number of halogens is 4. The van der Waals surface area contributed by atoms with Crippen LogP contribution in [-0.2, 0) is 22.0 Å². The minimum absolute atomic E-state index is 0.0482. The van der Waals surface area contributed by atoms with Crippen LogP contribution in [0, 0.1) is 0 Å². The second kappa shape index (κ2) is 6.06. The van der Waals surface area contributed by atoms with Crippen LogP contribution in [0.2, 0.25) is 0 Å². The van der Waals surface area contributed by atoms with Gasteiger partial charge < -0.3 is 5.73 Å². The average Bonchev–Trinajstić information content (AvgIpc) is 2.39. The lowest BCUT2D eigenvalue weighted by Crippen LogP contribution is -2.14. The maximum Gasteiger partial charge on any atom is 0.436 e. The summed E-state index contributed by atoms with van der Waals surface area (Å²) < 4.78 is 59.7. The first kappa shape index (κ1) is 17.6. The van der Waals surface area contributed by atoms with Gasteiger partial charge in [-0.15, -0.1) is 0 Å². The van der Waals surface area contributed by atoms with E-state index in [0.717, 1.165) is 0 Å². The Morgan fingerprint density at radius 2 is 1.70 bits per heavy atom. The zero-order valence-electron chi connectivity index (χ0n) is 11.3. The standard InChI is InChI=1S/C12H10BrF3N4O2S/c13-10-9(12(14,15)16)20-11(17)8(19-10)7-3-1-6(2-4-7)5-23(18,21)22/h1-4H,5H2,(H2,17,20)(H2,18,21,22). The van der Waals surface area contributed by atoms with Crippen molar-refractivity contribution >= 4 is 31.8 Å². The van der Waals surface area contributed by atoms with Crippen LogP contribution in [0.25, 0.3) is 11.3 Å². The normalized spacial score (nSPS) is 12.4. The molecule has 0 aliphatic heterocycles. The number of aromatic nitrogens is 2. The monoisotopic (exact) mass is 410 g/mol. The molecule has 2 rings (SSSR count). The molecule has 1 aromatic carbocycles. The highest BCUT2D eigenvalue weighted by Gasteiger charge is 2.36. The molecule has 2 aromatic rings. The van der Waals surface area contributed by atoms with E-state index < -0.39 is 26.5 Å². The summed E-state index contributed by atoms with van der Waals surface area (Å²) in [5.74, 6) is -0.745. The van der Waals surface area contributed by atoms with Crippen LogP contribution in [0.4, 0.5) is 19.0 Å². The summed E-state index contributed by atoms with van der Waals surface area (Å²) in [4.78, 5) is 7.11. The molecule has 0 spiro atoms. The highest BCUT2D eigenvalue weighted by Crippen LogP contribution is 2.35. The molecule has 0 amide bonds. The van der Waals surface area contributed by atoms with Crippen molar-refractivity contribution < 1.29 is 21.6 Å². The number of nitrogens with zero attached hydrogens (tertiary/aromatic N) is 2. The molecular weight excluding hydrogens is 401 g/mol. The summed E-state index contributed by atoms with van der Waals surface area (Å²) in [6.45, 7) is 0. The smallest absolute Gasteiger partial charge is 0.382 e. The van der Waals surface area contributed by atoms with Gasteiger partial charge in [-0.2, -0.15) is 13.2 Å². The molecular formula is C12H10BrF3N4O2S. The van der Waals surface area contributed by atoms with Crippen molar-refractivity contribution in [2.75, 3.05) is 5.73 Å². The molecule has 0 radical (unpaired) electrons. The number of hydrogen-bond donors (Lipinski definition) is 2. The fourth-order valence-corrected chi connectivity index (χ4v) is 2.96. The molecule has 6 nitrogen and oxygen atoms in total. The Labute approximate surface area is 137 Å². The van der Waals surface area contributed by atoms with Gasteiger partial charge in [0, 0.05) is 5.56 Å². The summed E-state index contributed by atoms with van der Waals surface area (Å²) >= 11 is 2.72. The first-order chi connectivity index (χ1) is 10.5. The van der Waals surface area contributed by atoms with Crippen LogP contribution in [0.5, 0.6) is 0 Å². The van der Waals surface area contributed by atoms with E-state index in [2.05, 4.69) is 25.9 Å². The first-order valence-corrected chi connectivity index (χ1v) is 8.48. The van der Waals surface area contributed by atoms with Crippen LogP contribution >= 0.6 is 15.9 Å². The highest BCUT2D eigenvalue weighted by molar-refractivity contribution is 9.10. The third kappa shape index (κ3) is 4.39. The molecule has 0 unspecified atom stereocenters. The molecule has 0 bridgehead atoms. The maximum absolute atomic E-state index is 12.7. The minimum Gasteiger partial charge on any atom is -0.382 e. The van der Waals surface area contributed by atoms with Crippen molar-refractivity contribution in [1.82, 2.24) is 9.97 Å². The molecule has 1 heterocycles. The van der Waals surface area contributed by atoms with Gasteiger partial charge in [0.1, 0.15) is 10.3 Å². The second-order valence-corrected chi connectivity index (χ2v) is 6.96. The quantitative estimate of drug-likeness (QED) is 0.805. The molecule has 0 aliphatic carbocycles. The zero-order chi connectivity index (χ0) is 17.4. The fourth-order valence-electron chi connectivity index (χ4n) is 1.81. The Morgan fingerprint density at radius 1 is 1.13 bits per heavy atom. The molecule has 124 valence electrons. The Bertz CT molecular complexity index is 839. The summed E-state index contributed by atoms with van der Waals surface area (Å²) in [6, 6.07) is 5.88. The van der Waals surface area contributed by atoms with Crippen LogP contribution in [0.1, 0.15) is 11.3 Å². The highest BCUT2D eigenvalue weighted by atomic mass is 79.9. The van der Waals surface area contributed by atoms with Crippen molar-refractivity contribution in [1.29, 1.82) is 0 Å². The van der Waals surface area contributed by atoms with Crippen molar-refractivity contribution in [2.24, 2.45) is 5.14 Å². The number of primary sulfonamides is 1. The van der Waals surface area contributed by atoms with Gasteiger partial charge in [0.15, 0.2) is 11.5 Å². The largest absolute Gasteiger partial charge is 0.436 e. The van der Waals surface area contributed by atoms with Gasteiger partial charge in [0.05, 0.1) is 5.75 Å². The van der Waals surface area contributed by atoms with E-state index in [1.165, 1.54) is 24.3 Å². The van der Waals surface area contributed by atoms with Gasteiger partial charge >= 0.3 is 6.18 Å². The number of anilines is 1. The number of benzene rings is 1. The molecule has 0 fully saturated rings. The Hall–Kier alpha value is -1.72. The summed E-state index contributed by atoms with van der Waals surface area (Å²) in [5, 5.41) is 4.94. The number of rotatable bonds is 3. The lowest BCUT2D eigenvalue weighted by Gasteiger charge is -2.11. The predicted octanol–water partition coefficient (Wildman–Crippen LogP) is 2.30. The van der Waals surface area contributed by atoms with E-state index >= 15 is 0 Å². The van der Waals surface area contributed by atoms with Crippen LogP contribution in [0.15, 0.2) is 28.9 Å². The second-order valence-electron chi connectivity index (χ2n) is 4.60. The predicted molar refractivity (Wildman–Crippen MR) is 81.4 cm³/mol. The Balaban J connectivity index is 2.41.